The van der Waals surface area contributed by atoms with Crippen LogP contribution >= 0.6 is 0 Å². The maximum Gasteiger partial charge on any atom is 0.336 e. The molecular weight excluding hydrogens is 250 g/mol. The normalized spacial score (nSPS) is 9.16. The predicted molar refractivity (Wildman–Crippen MR) is 69.3 cm³/mol. The van der Waals surface area contributed by atoms with E-state index in [0.717, 1.165) is 17.9 Å². The Balaban J connectivity index is 0.000000399. The fourth-order valence-corrected chi connectivity index (χ4v) is 1.43. The molecule has 7 heteroatoms. The molecule has 0 unspecified atom stereocenters. The summed E-state index contributed by atoms with van der Waals surface area (Å²) in [5.41, 5.74) is 9.57. The monoisotopic (exact) mass is 261 g/mol. The van der Waals surface area contributed by atoms with Gasteiger partial charge in [0.1, 0.15) is 5.58 Å². The first kappa shape index (κ1) is 14.3. The minimum atomic E-state index is -0.833. The Morgan fingerprint density at radius 1 is 1.42 bits per heavy atom. The summed E-state index contributed by atoms with van der Waals surface area (Å²) in [5.74, 6) is -0.833. The summed E-state index contributed by atoms with van der Waals surface area (Å²) in [4.78, 5) is 22.8. The molecule has 7 nitrogen and oxygen atoms in total. The highest BCUT2D eigenvalue weighted by Gasteiger charge is 2.01. The summed E-state index contributed by atoms with van der Waals surface area (Å²) in [7, 11) is 0. The third-order valence-electron chi connectivity index (χ3n) is 2.10. The van der Waals surface area contributed by atoms with Gasteiger partial charge >= 0.3 is 5.63 Å². The molecule has 0 aliphatic carbocycles. The van der Waals surface area contributed by atoms with Gasteiger partial charge in [-0.05, 0) is 24.1 Å². The van der Waals surface area contributed by atoms with Gasteiger partial charge in [0.25, 0.3) is 5.97 Å². The zero-order valence-corrected chi connectivity index (χ0v) is 10.3. The standard InChI is InChI=1S/C10H7N3O2.C2H4O2/c1-6-4-10(14)15-9-5-7(12-13-11)2-3-8(6)9;1-2(3)4/h2-5H,1H3;1H3,(H,3,4). The van der Waals surface area contributed by atoms with Crippen LogP contribution in [0.25, 0.3) is 21.4 Å². The van der Waals surface area contributed by atoms with Crippen molar-refractivity contribution in [1.82, 2.24) is 0 Å². The van der Waals surface area contributed by atoms with Crippen LogP contribution in [-0.2, 0) is 4.79 Å². The number of carboxylic acid groups (broad SMARTS) is 1. The number of aryl methyl sites for hydroxylation is 1. The minimum Gasteiger partial charge on any atom is -0.481 e. The topological polar surface area (TPSA) is 116 Å². The lowest BCUT2D eigenvalue weighted by atomic mass is 10.1. The summed E-state index contributed by atoms with van der Waals surface area (Å²) < 4.78 is 4.99. The quantitative estimate of drug-likeness (QED) is 0.367. The number of benzene rings is 1. The summed E-state index contributed by atoms with van der Waals surface area (Å²) in [6.07, 6.45) is 0. The molecule has 0 aliphatic heterocycles. The average Bonchev–Trinajstić information content (AvgIpc) is 2.27. The zero-order valence-electron chi connectivity index (χ0n) is 10.3. The van der Waals surface area contributed by atoms with E-state index in [1.807, 2.05) is 6.92 Å². The summed E-state index contributed by atoms with van der Waals surface area (Å²) in [6.45, 7) is 2.91. The SMILES string of the molecule is CC(=O)O.Cc1cc(=O)oc2cc(N=[N+]=[N-])ccc12. The van der Waals surface area contributed by atoms with E-state index in [1.54, 1.807) is 18.2 Å². The van der Waals surface area contributed by atoms with Crippen LogP contribution in [-0.4, -0.2) is 11.1 Å². The molecule has 98 valence electrons. The molecule has 0 atom stereocenters. The van der Waals surface area contributed by atoms with Gasteiger partial charge in [0, 0.05) is 29.0 Å². The molecule has 1 heterocycles. The maximum atomic E-state index is 11.1. The third-order valence-corrected chi connectivity index (χ3v) is 2.10. The van der Waals surface area contributed by atoms with Crippen molar-refractivity contribution in [1.29, 1.82) is 0 Å². The molecule has 0 fully saturated rings. The number of aliphatic carboxylic acids is 1. The number of nitrogens with zero attached hydrogens (tertiary/aromatic N) is 3. The summed E-state index contributed by atoms with van der Waals surface area (Å²) >= 11 is 0. The van der Waals surface area contributed by atoms with E-state index in [4.69, 9.17) is 19.8 Å². The second-order valence-electron chi connectivity index (χ2n) is 3.64. The van der Waals surface area contributed by atoms with Crippen molar-refractivity contribution in [2.24, 2.45) is 5.11 Å². The zero-order chi connectivity index (χ0) is 14.4. The number of hydrogen-bond acceptors (Lipinski definition) is 4. The lowest BCUT2D eigenvalue weighted by Gasteiger charge is -2.00. The van der Waals surface area contributed by atoms with E-state index in [1.165, 1.54) is 6.07 Å². The van der Waals surface area contributed by atoms with Gasteiger partial charge < -0.3 is 9.52 Å². The number of rotatable bonds is 1. The molecule has 1 aromatic carbocycles. The Morgan fingerprint density at radius 2 is 2.05 bits per heavy atom. The van der Waals surface area contributed by atoms with Crippen molar-refractivity contribution in [2.45, 2.75) is 13.8 Å². The van der Waals surface area contributed by atoms with Gasteiger partial charge in [-0.3, -0.25) is 4.79 Å². The second-order valence-corrected chi connectivity index (χ2v) is 3.64. The van der Waals surface area contributed by atoms with Crippen molar-refractivity contribution in [3.05, 3.63) is 50.7 Å². The summed E-state index contributed by atoms with van der Waals surface area (Å²) in [6, 6.07) is 6.41. The molecule has 1 N–H and O–H groups in total. The Labute approximate surface area is 107 Å². The van der Waals surface area contributed by atoms with Crippen LogP contribution in [0, 0.1) is 6.92 Å². The van der Waals surface area contributed by atoms with Gasteiger partial charge in [0.05, 0.1) is 0 Å². The predicted octanol–water partition coefficient (Wildman–Crippen LogP) is 3.13. The second kappa shape index (κ2) is 6.23. The smallest absolute Gasteiger partial charge is 0.336 e. The average molecular weight is 261 g/mol. The number of hydrogen-bond donors (Lipinski definition) is 1. The van der Waals surface area contributed by atoms with E-state index in [2.05, 4.69) is 10.0 Å². The van der Waals surface area contributed by atoms with Crippen molar-refractivity contribution < 1.29 is 14.3 Å². The van der Waals surface area contributed by atoms with Crippen molar-refractivity contribution in [3.8, 4) is 0 Å². The van der Waals surface area contributed by atoms with E-state index in [0.29, 0.717) is 11.3 Å². The van der Waals surface area contributed by atoms with Gasteiger partial charge in [0.15, 0.2) is 0 Å². The van der Waals surface area contributed by atoms with E-state index < -0.39 is 11.6 Å². The number of fused-ring (bicyclic) bond motifs is 1. The van der Waals surface area contributed by atoms with Crippen LogP contribution in [0.15, 0.2) is 38.6 Å². The van der Waals surface area contributed by atoms with Gasteiger partial charge in [-0.2, -0.15) is 0 Å². The van der Waals surface area contributed by atoms with Crippen LogP contribution in [0.5, 0.6) is 0 Å². The van der Waals surface area contributed by atoms with Crippen LogP contribution in [0.3, 0.4) is 0 Å². The highest BCUT2D eigenvalue weighted by Crippen LogP contribution is 2.22. The van der Waals surface area contributed by atoms with Gasteiger partial charge in [0.2, 0.25) is 0 Å². The fraction of sp³-hybridized carbons (Fsp3) is 0.167. The molecule has 0 bridgehead atoms. The van der Waals surface area contributed by atoms with Crippen LogP contribution < -0.4 is 5.63 Å². The van der Waals surface area contributed by atoms with Crippen LogP contribution in [0.4, 0.5) is 5.69 Å². The summed E-state index contributed by atoms with van der Waals surface area (Å²) in [5, 5.41) is 11.7. The highest BCUT2D eigenvalue weighted by molar-refractivity contribution is 5.82. The fourth-order valence-electron chi connectivity index (χ4n) is 1.43. The van der Waals surface area contributed by atoms with Crippen molar-refractivity contribution >= 4 is 22.6 Å². The van der Waals surface area contributed by atoms with Gasteiger partial charge in [-0.25, -0.2) is 4.79 Å². The molecular formula is C12H11N3O4. The minimum absolute atomic E-state index is 0.405. The van der Waals surface area contributed by atoms with E-state index >= 15 is 0 Å². The largest absolute Gasteiger partial charge is 0.481 e. The molecule has 0 spiro atoms. The van der Waals surface area contributed by atoms with Gasteiger partial charge in [-0.15, -0.1) is 0 Å². The van der Waals surface area contributed by atoms with Crippen LogP contribution in [0.2, 0.25) is 0 Å². The van der Waals surface area contributed by atoms with Crippen molar-refractivity contribution in [2.75, 3.05) is 0 Å². The molecule has 0 amide bonds. The molecule has 2 rings (SSSR count). The Morgan fingerprint density at radius 3 is 2.63 bits per heavy atom. The Hall–Kier alpha value is -2.79. The molecule has 0 radical (unpaired) electrons. The lowest BCUT2D eigenvalue weighted by molar-refractivity contribution is -0.134. The van der Waals surface area contributed by atoms with Gasteiger partial charge in [-0.1, -0.05) is 17.2 Å². The first-order valence-corrected chi connectivity index (χ1v) is 5.23. The van der Waals surface area contributed by atoms with E-state index in [-0.39, 0.29) is 0 Å². The molecule has 0 saturated carbocycles. The molecule has 0 aliphatic rings. The van der Waals surface area contributed by atoms with E-state index in [9.17, 15) is 4.79 Å². The molecule has 19 heavy (non-hydrogen) atoms. The highest BCUT2D eigenvalue weighted by atomic mass is 16.4. The molecule has 2 aromatic rings. The number of carbonyl (C=O) groups is 1. The van der Waals surface area contributed by atoms with Crippen molar-refractivity contribution in [3.63, 3.8) is 0 Å². The number of carboxylic acids is 1. The Kier molecular flexibility index (Phi) is 4.68. The molecule has 0 saturated heterocycles. The van der Waals surface area contributed by atoms with Crippen LogP contribution in [0.1, 0.15) is 12.5 Å². The Bertz CT molecular complexity index is 710. The maximum absolute atomic E-state index is 11.1. The molecule has 1 aromatic heterocycles. The third kappa shape index (κ3) is 4.18. The number of azide groups is 1. The first-order valence-electron chi connectivity index (χ1n) is 5.23. The first-order chi connectivity index (χ1) is 8.93. The lowest BCUT2D eigenvalue weighted by Crippen LogP contribution is -1.97.